The summed E-state index contributed by atoms with van der Waals surface area (Å²) < 4.78 is 19.0. The fraction of sp³-hybridized carbons (Fsp3) is 0.273. The number of aromatic amines is 1. The third-order valence-electron chi connectivity index (χ3n) is 5.27. The molecule has 7 heteroatoms. The minimum atomic E-state index is -0.334. The van der Waals surface area contributed by atoms with Gasteiger partial charge in [0.15, 0.2) is 0 Å². The number of hydrogen-bond donors (Lipinski definition) is 2. The third-order valence-corrected chi connectivity index (χ3v) is 5.27. The Hall–Kier alpha value is -3.19. The van der Waals surface area contributed by atoms with E-state index < -0.39 is 0 Å². The van der Waals surface area contributed by atoms with Crippen molar-refractivity contribution in [2.24, 2.45) is 0 Å². The van der Waals surface area contributed by atoms with Gasteiger partial charge in [0.2, 0.25) is 5.91 Å². The van der Waals surface area contributed by atoms with Gasteiger partial charge in [-0.25, -0.2) is 9.37 Å². The van der Waals surface area contributed by atoms with Crippen molar-refractivity contribution in [3.8, 4) is 16.9 Å². The molecular formula is C22H23FN4O2. The Labute approximate surface area is 168 Å². The molecule has 6 nitrogen and oxygen atoms in total. The summed E-state index contributed by atoms with van der Waals surface area (Å²) in [7, 11) is 3.19. The summed E-state index contributed by atoms with van der Waals surface area (Å²) in [6, 6.07) is 8.55. The number of fused-ring (bicyclic) bond motifs is 1. The number of ether oxygens (including phenoxy) is 1. The summed E-state index contributed by atoms with van der Waals surface area (Å²) >= 11 is 0. The zero-order valence-electron chi connectivity index (χ0n) is 16.5. The molecule has 0 aliphatic carbocycles. The van der Waals surface area contributed by atoms with Gasteiger partial charge in [0.1, 0.15) is 17.2 Å². The number of halogens is 1. The normalized spacial score (nSPS) is 14.7. The van der Waals surface area contributed by atoms with Crippen LogP contribution in [-0.2, 0) is 4.79 Å². The van der Waals surface area contributed by atoms with Crippen LogP contribution >= 0.6 is 0 Å². The molecule has 3 heterocycles. The number of aromatic nitrogens is 2. The molecule has 0 atom stereocenters. The summed E-state index contributed by atoms with van der Waals surface area (Å²) in [6.07, 6.45) is 4.73. The second-order valence-electron chi connectivity index (χ2n) is 7.04. The predicted octanol–water partition coefficient (Wildman–Crippen LogP) is 3.21. The molecule has 0 saturated carbocycles. The molecule has 2 N–H and O–H groups in total. The molecule has 4 rings (SSSR count). The van der Waals surface area contributed by atoms with Crippen molar-refractivity contribution in [1.29, 1.82) is 0 Å². The van der Waals surface area contributed by atoms with Crippen molar-refractivity contribution in [3.63, 3.8) is 0 Å². The molecule has 29 heavy (non-hydrogen) atoms. The lowest BCUT2D eigenvalue weighted by atomic mass is 10.0. The molecule has 1 amide bonds. The largest absolute Gasteiger partial charge is 0.496 e. The first-order chi connectivity index (χ1) is 14.1. The highest BCUT2D eigenvalue weighted by molar-refractivity contribution is 5.96. The summed E-state index contributed by atoms with van der Waals surface area (Å²) in [6.45, 7) is 1.95. The first kappa shape index (κ1) is 19.1. The lowest BCUT2D eigenvalue weighted by molar-refractivity contribution is -0.121. The maximum Gasteiger partial charge on any atom is 0.233 e. The van der Waals surface area contributed by atoms with Crippen LogP contribution in [0, 0.1) is 5.82 Å². The van der Waals surface area contributed by atoms with E-state index in [9.17, 15) is 9.18 Å². The Kier molecular flexibility index (Phi) is 5.31. The molecule has 150 valence electrons. The molecule has 3 aromatic rings. The van der Waals surface area contributed by atoms with Crippen molar-refractivity contribution >= 4 is 22.5 Å². The SMILES string of the molecule is CNC(=O)CN1CC=C(c2cc3c(-c4ccc(F)cc4OC)ccnc3[nH]2)CC1. The number of pyridine rings is 1. The van der Waals surface area contributed by atoms with Gasteiger partial charge < -0.3 is 15.0 Å². The van der Waals surface area contributed by atoms with E-state index in [1.165, 1.54) is 24.8 Å². The summed E-state index contributed by atoms with van der Waals surface area (Å²) in [5, 5.41) is 3.62. The number of nitrogens with zero attached hydrogens (tertiary/aromatic N) is 2. The summed E-state index contributed by atoms with van der Waals surface area (Å²) in [5.41, 5.74) is 4.75. The fourth-order valence-electron chi connectivity index (χ4n) is 3.70. The molecule has 0 bridgehead atoms. The highest BCUT2D eigenvalue weighted by Gasteiger charge is 2.18. The quantitative estimate of drug-likeness (QED) is 0.697. The van der Waals surface area contributed by atoms with Gasteiger partial charge in [-0.2, -0.15) is 0 Å². The third kappa shape index (κ3) is 3.86. The summed E-state index contributed by atoms with van der Waals surface area (Å²) in [5.74, 6) is 0.177. The van der Waals surface area contributed by atoms with Gasteiger partial charge in [-0.05, 0) is 41.8 Å². The zero-order chi connectivity index (χ0) is 20.4. The van der Waals surface area contributed by atoms with Crippen molar-refractivity contribution in [3.05, 3.63) is 54.1 Å². The van der Waals surface area contributed by atoms with Crippen molar-refractivity contribution in [2.75, 3.05) is 33.8 Å². The highest BCUT2D eigenvalue weighted by atomic mass is 19.1. The van der Waals surface area contributed by atoms with Crippen LogP contribution in [0.25, 0.3) is 27.7 Å². The van der Waals surface area contributed by atoms with E-state index >= 15 is 0 Å². The molecular weight excluding hydrogens is 371 g/mol. The van der Waals surface area contributed by atoms with Gasteiger partial charge in [-0.1, -0.05) is 6.08 Å². The van der Waals surface area contributed by atoms with Gasteiger partial charge in [0.05, 0.1) is 13.7 Å². The molecule has 0 saturated heterocycles. The topological polar surface area (TPSA) is 70.2 Å². The van der Waals surface area contributed by atoms with Crippen molar-refractivity contribution < 1.29 is 13.9 Å². The minimum absolute atomic E-state index is 0.0227. The second kappa shape index (κ2) is 8.05. The Morgan fingerprint density at radius 2 is 2.17 bits per heavy atom. The Morgan fingerprint density at radius 3 is 2.90 bits per heavy atom. The number of benzene rings is 1. The van der Waals surface area contributed by atoms with E-state index in [0.29, 0.717) is 12.3 Å². The van der Waals surface area contributed by atoms with Gasteiger partial charge in [0.25, 0.3) is 0 Å². The number of nitrogens with one attached hydrogen (secondary N) is 2. The molecule has 1 aromatic carbocycles. The zero-order valence-corrected chi connectivity index (χ0v) is 16.5. The van der Waals surface area contributed by atoms with Crippen LogP contribution < -0.4 is 10.1 Å². The van der Waals surface area contributed by atoms with E-state index in [2.05, 4.69) is 32.3 Å². The van der Waals surface area contributed by atoms with Crippen LogP contribution in [0.2, 0.25) is 0 Å². The maximum atomic E-state index is 13.6. The van der Waals surface area contributed by atoms with Crippen molar-refractivity contribution in [2.45, 2.75) is 6.42 Å². The van der Waals surface area contributed by atoms with Gasteiger partial charge in [0, 0.05) is 49.0 Å². The van der Waals surface area contributed by atoms with Crippen LogP contribution in [0.5, 0.6) is 5.75 Å². The fourth-order valence-corrected chi connectivity index (χ4v) is 3.70. The number of likely N-dealkylation sites (N-methyl/N-ethyl adjacent to an activating group) is 1. The standard InChI is InChI=1S/C22H23FN4O2/c1-24-21(28)13-27-9-6-14(7-10-27)19-12-18-16(5-8-25-22(18)26-19)17-4-3-15(23)11-20(17)29-2/h3-6,8,11-12H,7,9-10,13H2,1-2H3,(H,24,28)(H,25,26). The second-order valence-corrected chi connectivity index (χ2v) is 7.04. The Bertz CT molecular complexity index is 1090. The number of methoxy groups -OCH3 is 1. The van der Waals surface area contributed by atoms with E-state index in [4.69, 9.17) is 4.74 Å². The average molecular weight is 394 g/mol. The highest BCUT2D eigenvalue weighted by Crippen LogP contribution is 2.36. The number of H-pyrrole nitrogens is 1. The van der Waals surface area contributed by atoms with Crippen LogP contribution in [-0.4, -0.2) is 54.6 Å². The van der Waals surface area contributed by atoms with E-state index in [-0.39, 0.29) is 11.7 Å². The van der Waals surface area contributed by atoms with Crippen LogP contribution in [0.3, 0.4) is 0 Å². The number of carbonyl (C=O) groups is 1. The van der Waals surface area contributed by atoms with E-state index in [1.807, 2.05) is 6.07 Å². The first-order valence-electron chi connectivity index (χ1n) is 9.53. The molecule has 1 aliphatic rings. The first-order valence-corrected chi connectivity index (χ1v) is 9.53. The average Bonchev–Trinajstić information content (AvgIpc) is 3.18. The maximum absolute atomic E-state index is 13.6. The number of amides is 1. The molecule has 1 aliphatic heterocycles. The predicted molar refractivity (Wildman–Crippen MR) is 111 cm³/mol. The minimum Gasteiger partial charge on any atom is -0.496 e. The van der Waals surface area contributed by atoms with Crippen LogP contribution in [0.15, 0.2) is 42.6 Å². The van der Waals surface area contributed by atoms with Gasteiger partial charge >= 0.3 is 0 Å². The van der Waals surface area contributed by atoms with Crippen molar-refractivity contribution in [1.82, 2.24) is 20.2 Å². The van der Waals surface area contributed by atoms with E-state index in [0.717, 1.165) is 47.4 Å². The number of hydrogen-bond acceptors (Lipinski definition) is 4. The van der Waals surface area contributed by atoms with Crippen LogP contribution in [0.4, 0.5) is 4.39 Å². The van der Waals surface area contributed by atoms with Gasteiger partial charge in [-0.15, -0.1) is 0 Å². The number of rotatable bonds is 5. The van der Waals surface area contributed by atoms with E-state index in [1.54, 1.807) is 19.3 Å². The van der Waals surface area contributed by atoms with Crippen LogP contribution in [0.1, 0.15) is 12.1 Å². The molecule has 0 spiro atoms. The Balaban J connectivity index is 1.66. The van der Waals surface area contributed by atoms with Gasteiger partial charge in [-0.3, -0.25) is 9.69 Å². The monoisotopic (exact) mass is 394 g/mol. The number of carbonyl (C=O) groups excluding carboxylic acids is 1. The summed E-state index contributed by atoms with van der Waals surface area (Å²) in [4.78, 5) is 21.5. The Morgan fingerprint density at radius 1 is 1.31 bits per heavy atom. The smallest absolute Gasteiger partial charge is 0.233 e. The molecule has 0 fully saturated rings. The lowest BCUT2D eigenvalue weighted by Crippen LogP contribution is -2.37. The lowest BCUT2D eigenvalue weighted by Gasteiger charge is -2.25. The molecule has 0 radical (unpaired) electrons. The molecule has 2 aromatic heterocycles. The molecule has 0 unspecified atom stereocenters.